The number of hydrogen-bond donors (Lipinski definition) is 2. The lowest BCUT2D eigenvalue weighted by Gasteiger charge is -2.34. The second kappa shape index (κ2) is 12.2. The molecule has 0 aromatic rings. The third-order valence-corrected chi connectivity index (χ3v) is 5.78. The molecular formula is C20H42N4. The van der Waals surface area contributed by atoms with Crippen LogP contribution in [0.5, 0.6) is 0 Å². The summed E-state index contributed by atoms with van der Waals surface area (Å²) >= 11 is 0. The molecule has 2 unspecified atom stereocenters. The van der Waals surface area contributed by atoms with E-state index in [9.17, 15) is 0 Å². The van der Waals surface area contributed by atoms with Crippen molar-refractivity contribution < 1.29 is 0 Å². The zero-order valence-corrected chi connectivity index (χ0v) is 16.4. The molecule has 0 aromatic carbocycles. The van der Waals surface area contributed by atoms with E-state index in [-0.39, 0.29) is 0 Å². The van der Waals surface area contributed by atoms with Gasteiger partial charge in [0.05, 0.1) is 0 Å². The van der Waals surface area contributed by atoms with Gasteiger partial charge in [0.2, 0.25) is 0 Å². The van der Waals surface area contributed by atoms with Crippen LogP contribution in [0.4, 0.5) is 0 Å². The molecule has 2 rings (SSSR count). The van der Waals surface area contributed by atoms with Gasteiger partial charge in [-0.2, -0.15) is 0 Å². The summed E-state index contributed by atoms with van der Waals surface area (Å²) in [6, 6.07) is 0.675. The molecule has 0 bridgehead atoms. The highest BCUT2D eigenvalue weighted by Crippen LogP contribution is 2.21. The van der Waals surface area contributed by atoms with Gasteiger partial charge in [-0.15, -0.1) is 0 Å². The van der Waals surface area contributed by atoms with E-state index in [2.05, 4.69) is 34.4 Å². The maximum absolute atomic E-state index is 3.78. The molecule has 2 saturated heterocycles. The Balaban J connectivity index is 1.51. The van der Waals surface area contributed by atoms with Crippen LogP contribution in [-0.2, 0) is 0 Å². The van der Waals surface area contributed by atoms with Crippen molar-refractivity contribution in [3.8, 4) is 0 Å². The van der Waals surface area contributed by atoms with Gasteiger partial charge in [0, 0.05) is 12.6 Å². The van der Waals surface area contributed by atoms with E-state index in [1.807, 2.05) is 0 Å². The Hall–Kier alpha value is -0.160. The standard InChI is InChI=1S/C20H42N4/c1-19(22-11-8-15-23-12-4-3-5-13-23)17-20-9-6-14-24(18-20)16-7-10-21-2/h19-22H,3-18H2,1-2H3. The maximum atomic E-state index is 3.78. The molecule has 24 heavy (non-hydrogen) atoms. The highest BCUT2D eigenvalue weighted by atomic mass is 15.1. The average Bonchev–Trinajstić information content (AvgIpc) is 2.60. The smallest absolute Gasteiger partial charge is 0.00418 e. The fraction of sp³-hybridized carbons (Fsp3) is 1.00. The Morgan fingerprint density at radius 2 is 1.62 bits per heavy atom. The summed E-state index contributed by atoms with van der Waals surface area (Å²) in [6.07, 6.45) is 11.0. The van der Waals surface area contributed by atoms with Crippen molar-refractivity contribution >= 4 is 0 Å². The normalized spacial score (nSPS) is 25.0. The minimum Gasteiger partial charge on any atom is -0.320 e. The summed E-state index contributed by atoms with van der Waals surface area (Å²) in [6.45, 7) is 12.6. The third-order valence-electron chi connectivity index (χ3n) is 5.78. The minimum absolute atomic E-state index is 0.675. The van der Waals surface area contributed by atoms with Crippen LogP contribution in [-0.4, -0.2) is 75.2 Å². The zero-order chi connectivity index (χ0) is 17.0. The second-order valence-corrected chi connectivity index (χ2v) is 8.11. The van der Waals surface area contributed by atoms with Crippen LogP contribution in [0.1, 0.15) is 58.3 Å². The summed E-state index contributed by atoms with van der Waals surface area (Å²) in [7, 11) is 2.05. The second-order valence-electron chi connectivity index (χ2n) is 8.11. The summed E-state index contributed by atoms with van der Waals surface area (Å²) in [4.78, 5) is 5.34. The first-order valence-electron chi connectivity index (χ1n) is 10.6. The van der Waals surface area contributed by atoms with E-state index in [1.165, 1.54) is 97.2 Å². The molecule has 2 aliphatic heterocycles. The largest absolute Gasteiger partial charge is 0.320 e. The molecule has 2 atom stereocenters. The monoisotopic (exact) mass is 338 g/mol. The quantitative estimate of drug-likeness (QED) is 0.567. The van der Waals surface area contributed by atoms with Gasteiger partial charge in [-0.05, 0) is 111 Å². The summed E-state index contributed by atoms with van der Waals surface area (Å²) < 4.78 is 0. The van der Waals surface area contributed by atoms with E-state index in [0.717, 1.165) is 12.5 Å². The molecule has 0 aliphatic carbocycles. The number of rotatable bonds is 11. The lowest BCUT2D eigenvalue weighted by molar-refractivity contribution is 0.159. The van der Waals surface area contributed by atoms with Crippen molar-refractivity contribution in [3.63, 3.8) is 0 Å². The summed E-state index contributed by atoms with van der Waals surface area (Å²) in [5.74, 6) is 0.901. The fourth-order valence-electron chi connectivity index (χ4n) is 4.44. The van der Waals surface area contributed by atoms with Crippen LogP contribution < -0.4 is 10.6 Å². The molecule has 2 N–H and O–H groups in total. The van der Waals surface area contributed by atoms with Crippen LogP contribution in [0, 0.1) is 5.92 Å². The van der Waals surface area contributed by atoms with Crippen LogP contribution in [0.15, 0.2) is 0 Å². The number of hydrogen-bond acceptors (Lipinski definition) is 4. The molecule has 0 saturated carbocycles. The summed E-state index contributed by atoms with van der Waals surface area (Å²) in [5.41, 5.74) is 0. The predicted molar refractivity (Wildman–Crippen MR) is 105 cm³/mol. The highest BCUT2D eigenvalue weighted by molar-refractivity contribution is 4.77. The van der Waals surface area contributed by atoms with Crippen LogP contribution in [0.2, 0.25) is 0 Å². The first kappa shape index (κ1) is 20.2. The van der Waals surface area contributed by atoms with Crippen molar-refractivity contribution in [2.24, 2.45) is 5.92 Å². The number of piperidine rings is 2. The van der Waals surface area contributed by atoms with Crippen molar-refractivity contribution in [1.82, 2.24) is 20.4 Å². The van der Waals surface area contributed by atoms with Gasteiger partial charge in [0.15, 0.2) is 0 Å². The molecule has 2 aliphatic rings. The topological polar surface area (TPSA) is 30.5 Å². The molecule has 0 spiro atoms. The van der Waals surface area contributed by atoms with Gasteiger partial charge >= 0.3 is 0 Å². The van der Waals surface area contributed by atoms with Gasteiger partial charge in [-0.3, -0.25) is 0 Å². The van der Waals surface area contributed by atoms with E-state index in [0.29, 0.717) is 6.04 Å². The molecule has 0 radical (unpaired) electrons. The van der Waals surface area contributed by atoms with E-state index < -0.39 is 0 Å². The Bertz CT molecular complexity index is 304. The van der Waals surface area contributed by atoms with E-state index >= 15 is 0 Å². The molecule has 0 aromatic heterocycles. The Morgan fingerprint density at radius 3 is 2.42 bits per heavy atom. The number of likely N-dealkylation sites (tertiary alicyclic amines) is 2. The van der Waals surface area contributed by atoms with Gasteiger partial charge in [-0.1, -0.05) is 6.42 Å². The zero-order valence-electron chi connectivity index (χ0n) is 16.4. The first-order valence-corrected chi connectivity index (χ1v) is 10.6. The average molecular weight is 339 g/mol. The SMILES string of the molecule is CNCCCN1CCCC(CC(C)NCCCN2CCCCC2)C1. The van der Waals surface area contributed by atoms with E-state index in [4.69, 9.17) is 0 Å². The molecule has 2 heterocycles. The van der Waals surface area contributed by atoms with Gasteiger partial charge in [0.1, 0.15) is 0 Å². The fourth-order valence-corrected chi connectivity index (χ4v) is 4.44. The first-order chi connectivity index (χ1) is 11.8. The summed E-state index contributed by atoms with van der Waals surface area (Å²) in [5, 5.41) is 7.04. The van der Waals surface area contributed by atoms with Crippen molar-refractivity contribution in [1.29, 1.82) is 0 Å². The van der Waals surface area contributed by atoms with Crippen molar-refractivity contribution in [2.75, 3.05) is 59.4 Å². The van der Waals surface area contributed by atoms with Crippen LogP contribution in [0.25, 0.3) is 0 Å². The molecule has 4 nitrogen and oxygen atoms in total. The Kier molecular flexibility index (Phi) is 10.3. The van der Waals surface area contributed by atoms with Crippen molar-refractivity contribution in [3.05, 3.63) is 0 Å². The van der Waals surface area contributed by atoms with E-state index in [1.54, 1.807) is 0 Å². The number of nitrogens with one attached hydrogen (secondary N) is 2. The number of nitrogens with zero attached hydrogens (tertiary/aromatic N) is 2. The van der Waals surface area contributed by atoms with Gasteiger partial charge in [0.25, 0.3) is 0 Å². The van der Waals surface area contributed by atoms with Gasteiger partial charge in [-0.25, -0.2) is 0 Å². The van der Waals surface area contributed by atoms with Crippen molar-refractivity contribution in [2.45, 2.75) is 64.3 Å². The lowest BCUT2D eigenvalue weighted by atomic mass is 9.91. The van der Waals surface area contributed by atoms with Crippen LogP contribution >= 0.6 is 0 Å². The lowest BCUT2D eigenvalue weighted by Crippen LogP contribution is -2.40. The molecular weight excluding hydrogens is 296 g/mol. The Labute approximate surface area is 150 Å². The molecule has 142 valence electrons. The molecule has 4 heteroatoms. The van der Waals surface area contributed by atoms with Gasteiger partial charge < -0.3 is 20.4 Å². The third kappa shape index (κ3) is 8.28. The van der Waals surface area contributed by atoms with Crippen LogP contribution in [0.3, 0.4) is 0 Å². The molecule has 2 fully saturated rings. The molecule has 0 amide bonds. The predicted octanol–water partition coefficient (Wildman–Crippen LogP) is 2.55. The Morgan fingerprint density at radius 1 is 0.917 bits per heavy atom. The minimum atomic E-state index is 0.675. The maximum Gasteiger partial charge on any atom is 0.00418 e. The highest BCUT2D eigenvalue weighted by Gasteiger charge is 2.21.